The maximum Gasteiger partial charge on any atom is 0.305 e. The lowest BCUT2D eigenvalue weighted by Gasteiger charge is -2.25. The van der Waals surface area contributed by atoms with Crippen LogP contribution in [0.2, 0.25) is 5.02 Å². The summed E-state index contributed by atoms with van der Waals surface area (Å²) in [5.74, 6) is -0.964. The zero-order chi connectivity index (χ0) is 31.3. The van der Waals surface area contributed by atoms with Gasteiger partial charge >= 0.3 is 5.69 Å². The number of benzene rings is 3. The number of hydrogen-bond donors (Lipinski definition) is 1. The Morgan fingerprint density at radius 2 is 1.65 bits per heavy atom. The van der Waals surface area contributed by atoms with Crippen molar-refractivity contribution in [3.63, 3.8) is 0 Å². The fourth-order valence-corrected chi connectivity index (χ4v) is 4.74. The molecule has 222 valence electrons. The third-order valence-corrected chi connectivity index (χ3v) is 6.99. The highest BCUT2D eigenvalue weighted by molar-refractivity contribution is 6.33. The van der Waals surface area contributed by atoms with E-state index in [0.29, 0.717) is 36.3 Å². The van der Waals surface area contributed by atoms with Crippen molar-refractivity contribution in [3.8, 4) is 0 Å². The van der Waals surface area contributed by atoms with E-state index < -0.39 is 21.2 Å². The number of rotatable bonds is 12. The molecule has 1 N–H and O–H groups in total. The molecule has 3 aromatic carbocycles. The standard InChI is InChI=1S/C28H26ClN7O7/c1-3-25(37)30-23-15-17(33(4-2)12-7-13-34-27(38)19-8-5-6-9-20(19)28(34)39)10-11-22(23)31-32-26-21(29)14-18(35(40)41)16-24(26)36(42)43/h5-6,8-11,14-16H,3-4,7,12-13H2,1-2H3,(H,30,37). The molecule has 0 saturated heterocycles. The number of carbonyl (C=O) groups is 3. The highest BCUT2D eigenvalue weighted by Crippen LogP contribution is 2.40. The molecule has 0 unspecified atom stereocenters. The van der Waals surface area contributed by atoms with E-state index in [1.165, 1.54) is 4.90 Å². The van der Waals surface area contributed by atoms with Gasteiger partial charge in [-0.1, -0.05) is 30.7 Å². The molecule has 14 nitrogen and oxygen atoms in total. The third kappa shape index (κ3) is 6.64. The second-order valence-corrected chi connectivity index (χ2v) is 9.76. The van der Waals surface area contributed by atoms with Gasteiger partial charge in [0.1, 0.15) is 5.69 Å². The zero-order valence-corrected chi connectivity index (χ0v) is 23.9. The molecule has 0 atom stereocenters. The number of imide groups is 1. The molecule has 0 spiro atoms. The second kappa shape index (κ2) is 13.2. The summed E-state index contributed by atoms with van der Waals surface area (Å²) in [5.41, 5.74) is 0.269. The molecule has 3 aromatic rings. The average Bonchev–Trinajstić information content (AvgIpc) is 3.23. The van der Waals surface area contributed by atoms with E-state index >= 15 is 0 Å². The molecule has 1 heterocycles. The fraction of sp³-hybridized carbons (Fsp3) is 0.250. The van der Waals surface area contributed by atoms with Gasteiger partial charge in [0.15, 0.2) is 5.69 Å². The van der Waals surface area contributed by atoms with Gasteiger partial charge in [-0.15, -0.1) is 10.2 Å². The maximum atomic E-state index is 12.7. The number of nitrogens with one attached hydrogen (secondary N) is 1. The Morgan fingerprint density at radius 3 is 2.23 bits per heavy atom. The minimum absolute atomic E-state index is 0.163. The van der Waals surface area contributed by atoms with Crippen LogP contribution in [0.25, 0.3) is 0 Å². The predicted molar refractivity (Wildman–Crippen MR) is 159 cm³/mol. The summed E-state index contributed by atoms with van der Waals surface area (Å²) in [4.78, 5) is 61.9. The molecule has 1 aliphatic rings. The molecule has 4 rings (SSSR count). The zero-order valence-electron chi connectivity index (χ0n) is 23.2. The van der Waals surface area contributed by atoms with Crippen molar-refractivity contribution in [1.29, 1.82) is 0 Å². The summed E-state index contributed by atoms with van der Waals surface area (Å²) < 4.78 is 0. The Labute approximate surface area is 250 Å². The summed E-state index contributed by atoms with van der Waals surface area (Å²) >= 11 is 6.08. The van der Waals surface area contributed by atoms with Crippen LogP contribution in [0.4, 0.5) is 34.1 Å². The normalized spacial score (nSPS) is 12.5. The summed E-state index contributed by atoms with van der Waals surface area (Å²) in [7, 11) is 0. The molecule has 43 heavy (non-hydrogen) atoms. The number of azo groups is 1. The molecule has 15 heteroatoms. The second-order valence-electron chi connectivity index (χ2n) is 9.35. The third-order valence-electron chi connectivity index (χ3n) is 6.70. The van der Waals surface area contributed by atoms with Gasteiger partial charge in [-0.3, -0.25) is 39.5 Å². The Morgan fingerprint density at radius 1 is 0.977 bits per heavy atom. The van der Waals surface area contributed by atoms with E-state index in [2.05, 4.69) is 15.5 Å². The van der Waals surface area contributed by atoms with Crippen molar-refractivity contribution >= 4 is 63.4 Å². The summed E-state index contributed by atoms with van der Waals surface area (Å²) in [6, 6.07) is 13.3. The van der Waals surface area contributed by atoms with Crippen LogP contribution in [0, 0.1) is 20.2 Å². The molecule has 0 bridgehead atoms. The highest BCUT2D eigenvalue weighted by Gasteiger charge is 2.34. The minimum Gasteiger partial charge on any atom is -0.372 e. The number of nitro groups is 2. The van der Waals surface area contributed by atoms with Gasteiger partial charge in [-0.25, -0.2) is 0 Å². The molecule has 0 saturated carbocycles. The smallest absolute Gasteiger partial charge is 0.305 e. The number of nitro benzene ring substituents is 2. The van der Waals surface area contributed by atoms with Gasteiger partial charge < -0.3 is 10.2 Å². The molecule has 3 amide bonds. The van der Waals surface area contributed by atoms with Gasteiger partial charge in [0.05, 0.1) is 37.7 Å². The number of anilines is 2. The van der Waals surface area contributed by atoms with Gasteiger partial charge in [0.2, 0.25) is 5.91 Å². The minimum atomic E-state index is -0.850. The molecule has 0 aliphatic carbocycles. The Bertz CT molecular complexity index is 1630. The van der Waals surface area contributed by atoms with Crippen molar-refractivity contribution in [3.05, 3.63) is 91.0 Å². The quantitative estimate of drug-likeness (QED) is 0.106. The van der Waals surface area contributed by atoms with Crippen LogP contribution >= 0.6 is 11.6 Å². The van der Waals surface area contributed by atoms with Gasteiger partial charge in [-0.05, 0) is 43.7 Å². The molecule has 0 fully saturated rings. The summed E-state index contributed by atoms with van der Waals surface area (Å²) in [6.07, 6.45) is 0.651. The fourth-order valence-electron chi connectivity index (χ4n) is 4.50. The number of hydrogen-bond acceptors (Lipinski definition) is 10. The highest BCUT2D eigenvalue weighted by atomic mass is 35.5. The lowest BCUT2D eigenvalue weighted by molar-refractivity contribution is -0.393. The Balaban J connectivity index is 1.56. The van der Waals surface area contributed by atoms with Crippen molar-refractivity contribution in [2.45, 2.75) is 26.7 Å². The molecular formula is C28H26ClN7O7. The summed E-state index contributed by atoms with van der Waals surface area (Å²) in [6.45, 7) is 4.86. The predicted octanol–water partition coefficient (Wildman–Crippen LogP) is 6.43. The van der Waals surface area contributed by atoms with E-state index in [1.54, 1.807) is 49.4 Å². The first-order valence-electron chi connectivity index (χ1n) is 13.2. The van der Waals surface area contributed by atoms with Crippen molar-refractivity contribution in [2.75, 3.05) is 29.9 Å². The number of nitrogens with zero attached hydrogens (tertiary/aromatic N) is 6. The van der Waals surface area contributed by atoms with Crippen LogP contribution in [-0.2, 0) is 4.79 Å². The Kier molecular flexibility index (Phi) is 9.40. The Hall–Kier alpha value is -5.24. The van der Waals surface area contributed by atoms with Crippen LogP contribution in [-0.4, -0.2) is 52.1 Å². The number of carbonyl (C=O) groups excluding carboxylic acids is 3. The van der Waals surface area contributed by atoms with E-state index in [4.69, 9.17) is 11.6 Å². The van der Waals surface area contributed by atoms with Crippen molar-refractivity contribution in [1.82, 2.24) is 4.90 Å². The molecule has 1 aliphatic heterocycles. The lowest BCUT2D eigenvalue weighted by Crippen LogP contribution is -2.33. The van der Waals surface area contributed by atoms with E-state index in [1.807, 2.05) is 11.8 Å². The first kappa shape index (κ1) is 30.7. The van der Waals surface area contributed by atoms with E-state index in [9.17, 15) is 34.6 Å². The van der Waals surface area contributed by atoms with Gasteiger partial charge in [-0.2, -0.15) is 0 Å². The molecule has 0 aromatic heterocycles. The number of amides is 3. The van der Waals surface area contributed by atoms with Crippen LogP contribution in [0.1, 0.15) is 47.4 Å². The van der Waals surface area contributed by atoms with Crippen LogP contribution < -0.4 is 10.2 Å². The first-order chi connectivity index (χ1) is 20.5. The monoisotopic (exact) mass is 607 g/mol. The van der Waals surface area contributed by atoms with Gasteiger partial charge in [0, 0.05) is 37.8 Å². The number of fused-ring (bicyclic) bond motifs is 1. The SMILES string of the molecule is CCC(=O)Nc1cc(N(CC)CCCN2C(=O)c3ccccc3C2=O)ccc1N=Nc1c(Cl)cc([N+](=O)[O-])cc1[N+](=O)[O-]. The summed E-state index contributed by atoms with van der Waals surface area (Å²) in [5, 5.41) is 33.0. The van der Waals surface area contributed by atoms with Gasteiger partial charge in [0.25, 0.3) is 17.5 Å². The molecule has 0 radical (unpaired) electrons. The first-order valence-corrected chi connectivity index (χ1v) is 13.6. The number of non-ortho nitro benzene ring substituents is 1. The number of halogens is 1. The topological polar surface area (TPSA) is 181 Å². The van der Waals surface area contributed by atoms with Crippen LogP contribution in [0.3, 0.4) is 0 Å². The van der Waals surface area contributed by atoms with Crippen LogP contribution in [0.5, 0.6) is 0 Å². The molecular weight excluding hydrogens is 582 g/mol. The van der Waals surface area contributed by atoms with E-state index in [0.717, 1.165) is 12.1 Å². The van der Waals surface area contributed by atoms with Crippen LogP contribution in [0.15, 0.2) is 64.8 Å². The van der Waals surface area contributed by atoms with Crippen molar-refractivity contribution < 1.29 is 24.2 Å². The lowest BCUT2D eigenvalue weighted by atomic mass is 10.1. The maximum absolute atomic E-state index is 12.7. The van der Waals surface area contributed by atoms with Crippen molar-refractivity contribution in [2.24, 2.45) is 10.2 Å². The van der Waals surface area contributed by atoms with E-state index in [-0.39, 0.29) is 52.8 Å². The largest absolute Gasteiger partial charge is 0.372 e. The average molecular weight is 608 g/mol.